The van der Waals surface area contributed by atoms with Gasteiger partial charge < -0.3 is 19.7 Å². The summed E-state index contributed by atoms with van der Waals surface area (Å²) in [7, 11) is 0. The van der Waals surface area contributed by atoms with Crippen LogP contribution in [0.2, 0.25) is 0 Å². The Bertz CT molecular complexity index is 387. The summed E-state index contributed by atoms with van der Waals surface area (Å²) in [6, 6.07) is 3.10. The van der Waals surface area contributed by atoms with Gasteiger partial charge in [0.1, 0.15) is 0 Å². The molecule has 1 heterocycles. The van der Waals surface area contributed by atoms with Crippen LogP contribution in [0.3, 0.4) is 0 Å². The van der Waals surface area contributed by atoms with Gasteiger partial charge in [0.15, 0.2) is 5.76 Å². The molecule has 100 valence electrons. The van der Waals surface area contributed by atoms with E-state index in [0.717, 1.165) is 0 Å². The second kappa shape index (κ2) is 6.80. The van der Waals surface area contributed by atoms with Gasteiger partial charge >= 0.3 is 0 Å². The maximum atomic E-state index is 11.8. The van der Waals surface area contributed by atoms with Crippen molar-refractivity contribution in [2.45, 2.75) is 19.9 Å². The Morgan fingerprint density at radius 2 is 2.22 bits per heavy atom. The van der Waals surface area contributed by atoms with Crippen molar-refractivity contribution < 1.29 is 19.1 Å². The zero-order chi connectivity index (χ0) is 13.5. The summed E-state index contributed by atoms with van der Waals surface area (Å²) in [5.41, 5.74) is 0. The van der Waals surface area contributed by atoms with Gasteiger partial charge in [-0.15, -0.1) is 0 Å². The zero-order valence-corrected chi connectivity index (χ0v) is 10.5. The standard InChI is InChI=1S/C12H18N2O4/c1-9(2)14(5-6-15)11(16)8-13-12(17)10-4-3-7-18-10/h3-4,7,9,15H,5-6,8H2,1-2H3,(H,13,17). The molecule has 0 fully saturated rings. The number of nitrogens with one attached hydrogen (secondary N) is 1. The summed E-state index contributed by atoms with van der Waals surface area (Å²) in [5.74, 6) is -0.499. The van der Waals surface area contributed by atoms with Crippen LogP contribution in [-0.2, 0) is 4.79 Å². The number of nitrogens with zero attached hydrogens (tertiary/aromatic N) is 1. The molecule has 2 N–H and O–H groups in total. The molecule has 0 bridgehead atoms. The Morgan fingerprint density at radius 3 is 2.72 bits per heavy atom. The predicted molar refractivity (Wildman–Crippen MR) is 65.0 cm³/mol. The first-order valence-electron chi connectivity index (χ1n) is 5.78. The first-order chi connectivity index (χ1) is 8.56. The minimum absolute atomic E-state index is 0.0230. The molecule has 0 aromatic carbocycles. The molecule has 6 nitrogen and oxygen atoms in total. The molecular formula is C12H18N2O4. The average Bonchev–Trinajstić information content (AvgIpc) is 2.85. The fourth-order valence-electron chi connectivity index (χ4n) is 1.53. The number of aliphatic hydroxyl groups excluding tert-OH is 1. The van der Waals surface area contributed by atoms with Gasteiger partial charge in [-0.3, -0.25) is 9.59 Å². The number of rotatable bonds is 6. The van der Waals surface area contributed by atoms with Crippen LogP contribution in [0.5, 0.6) is 0 Å². The molecule has 0 aliphatic carbocycles. The van der Waals surface area contributed by atoms with Crippen molar-refractivity contribution in [3.05, 3.63) is 24.2 Å². The molecule has 0 aliphatic rings. The number of carbonyl (C=O) groups is 2. The van der Waals surface area contributed by atoms with Crippen molar-refractivity contribution in [1.82, 2.24) is 10.2 Å². The normalized spacial score (nSPS) is 10.4. The second-order valence-corrected chi connectivity index (χ2v) is 4.06. The van der Waals surface area contributed by atoms with E-state index in [0.29, 0.717) is 0 Å². The van der Waals surface area contributed by atoms with Gasteiger partial charge in [-0.1, -0.05) is 0 Å². The third kappa shape index (κ3) is 3.89. The highest BCUT2D eigenvalue weighted by molar-refractivity contribution is 5.94. The third-order valence-electron chi connectivity index (χ3n) is 2.43. The molecular weight excluding hydrogens is 236 g/mol. The van der Waals surface area contributed by atoms with E-state index in [-0.39, 0.29) is 37.4 Å². The van der Waals surface area contributed by atoms with Crippen LogP contribution in [0, 0.1) is 0 Å². The van der Waals surface area contributed by atoms with Crippen LogP contribution in [0.1, 0.15) is 24.4 Å². The van der Waals surface area contributed by atoms with E-state index in [1.165, 1.54) is 17.2 Å². The summed E-state index contributed by atoms with van der Waals surface area (Å²) in [6.45, 7) is 3.74. The Balaban J connectivity index is 2.47. The number of hydrogen-bond donors (Lipinski definition) is 2. The molecule has 1 rings (SSSR count). The number of aliphatic hydroxyl groups is 1. The van der Waals surface area contributed by atoms with Crippen molar-refractivity contribution in [2.75, 3.05) is 19.7 Å². The molecule has 0 radical (unpaired) electrons. The van der Waals surface area contributed by atoms with Crippen LogP contribution in [0.15, 0.2) is 22.8 Å². The molecule has 2 amide bonds. The molecule has 18 heavy (non-hydrogen) atoms. The molecule has 0 aliphatic heterocycles. The summed E-state index contributed by atoms with van der Waals surface area (Å²) in [5, 5.41) is 11.3. The van der Waals surface area contributed by atoms with E-state index >= 15 is 0 Å². The van der Waals surface area contributed by atoms with Crippen LogP contribution >= 0.6 is 0 Å². The molecule has 0 atom stereocenters. The number of carbonyl (C=O) groups excluding carboxylic acids is 2. The van der Waals surface area contributed by atoms with E-state index in [1.807, 2.05) is 13.8 Å². The lowest BCUT2D eigenvalue weighted by Gasteiger charge is -2.25. The van der Waals surface area contributed by atoms with E-state index in [9.17, 15) is 9.59 Å². The molecule has 0 saturated carbocycles. The molecule has 0 saturated heterocycles. The maximum Gasteiger partial charge on any atom is 0.287 e. The predicted octanol–water partition coefficient (Wildman–Crippen LogP) is 0.239. The van der Waals surface area contributed by atoms with E-state index in [1.54, 1.807) is 6.07 Å². The SMILES string of the molecule is CC(C)N(CCO)C(=O)CNC(=O)c1ccco1. The van der Waals surface area contributed by atoms with Crippen molar-refractivity contribution in [2.24, 2.45) is 0 Å². The highest BCUT2D eigenvalue weighted by Crippen LogP contribution is 2.00. The fraction of sp³-hybridized carbons (Fsp3) is 0.500. The van der Waals surface area contributed by atoms with Gasteiger partial charge in [-0.2, -0.15) is 0 Å². The van der Waals surface area contributed by atoms with Gasteiger partial charge in [-0.25, -0.2) is 0 Å². The lowest BCUT2D eigenvalue weighted by atomic mass is 10.3. The van der Waals surface area contributed by atoms with Gasteiger partial charge in [0, 0.05) is 12.6 Å². The Hall–Kier alpha value is -1.82. The first-order valence-corrected chi connectivity index (χ1v) is 5.78. The summed E-state index contributed by atoms with van der Waals surface area (Å²) in [6.07, 6.45) is 1.39. The van der Waals surface area contributed by atoms with Crippen LogP contribution in [0.4, 0.5) is 0 Å². The smallest absolute Gasteiger partial charge is 0.287 e. The zero-order valence-electron chi connectivity index (χ0n) is 10.5. The average molecular weight is 254 g/mol. The van der Waals surface area contributed by atoms with Gasteiger partial charge in [-0.05, 0) is 26.0 Å². The van der Waals surface area contributed by atoms with E-state index < -0.39 is 5.91 Å². The van der Waals surface area contributed by atoms with E-state index in [4.69, 9.17) is 9.52 Å². The highest BCUT2D eigenvalue weighted by Gasteiger charge is 2.17. The summed E-state index contributed by atoms with van der Waals surface area (Å²) >= 11 is 0. The van der Waals surface area contributed by atoms with Gasteiger partial charge in [0.25, 0.3) is 5.91 Å². The molecule has 1 aromatic rings. The summed E-state index contributed by atoms with van der Waals surface area (Å²) < 4.78 is 4.91. The minimum Gasteiger partial charge on any atom is -0.459 e. The van der Waals surface area contributed by atoms with Crippen LogP contribution in [0.25, 0.3) is 0 Å². The maximum absolute atomic E-state index is 11.8. The number of furan rings is 1. The van der Waals surface area contributed by atoms with Gasteiger partial charge in [0.2, 0.25) is 5.91 Å². The Labute approximate surface area is 106 Å². The Morgan fingerprint density at radius 1 is 1.50 bits per heavy atom. The largest absolute Gasteiger partial charge is 0.459 e. The Kier molecular flexibility index (Phi) is 5.38. The lowest BCUT2D eigenvalue weighted by molar-refractivity contribution is -0.132. The second-order valence-electron chi connectivity index (χ2n) is 4.06. The van der Waals surface area contributed by atoms with Crippen molar-refractivity contribution in [3.63, 3.8) is 0 Å². The topological polar surface area (TPSA) is 82.8 Å². The quantitative estimate of drug-likeness (QED) is 0.761. The molecule has 0 spiro atoms. The number of amides is 2. The minimum atomic E-state index is -0.430. The van der Waals surface area contributed by atoms with Crippen molar-refractivity contribution in [1.29, 1.82) is 0 Å². The van der Waals surface area contributed by atoms with Crippen LogP contribution < -0.4 is 5.32 Å². The lowest BCUT2D eigenvalue weighted by Crippen LogP contribution is -2.44. The van der Waals surface area contributed by atoms with Gasteiger partial charge in [0.05, 0.1) is 19.4 Å². The molecule has 6 heteroatoms. The van der Waals surface area contributed by atoms with Crippen LogP contribution in [-0.4, -0.2) is 47.6 Å². The fourth-order valence-corrected chi connectivity index (χ4v) is 1.53. The van der Waals surface area contributed by atoms with Crippen molar-refractivity contribution >= 4 is 11.8 Å². The third-order valence-corrected chi connectivity index (χ3v) is 2.43. The van der Waals surface area contributed by atoms with E-state index in [2.05, 4.69) is 5.32 Å². The monoisotopic (exact) mass is 254 g/mol. The van der Waals surface area contributed by atoms with Crippen molar-refractivity contribution in [3.8, 4) is 0 Å². The molecule has 1 aromatic heterocycles. The molecule has 0 unspecified atom stereocenters. The summed E-state index contributed by atoms with van der Waals surface area (Å²) in [4.78, 5) is 24.9. The highest BCUT2D eigenvalue weighted by atomic mass is 16.3. The number of hydrogen-bond acceptors (Lipinski definition) is 4. The first kappa shape index (κ1) is 14.2.